The molecule has 0 amide bonds. The second-order valence-corrected chi connectivity index (χ2v) is 7.90. The largest absolute Gasteiger partial charge is 0.457 e. The summed E-state index contributed by atoms with van der Waals surface area (Å²) in [6, 6.07) is 17.2. The zero-order valence-corrected chi connectivity index (χ0v) is 18.1. The van der Waals surface area contributed by atoms with Gasteiger partial charge in [-0.3, -0.25) is 0 Å². The fraction of sp³-hybridized carbons (Fsp3) is 0.208. The number of rotatable bonds is 5. The Balaban J connectivity index is 1.86. The topological polar surface area (TPSA) is 47.3 Å². The van der Waals surface area contributed by atoms with Crippen LogP contribution in [0.5, 0.6) is 11.5 Å². The molecular weight excluding hydrogens is 441 g/mol. The molecule has 0 aliphatic heterocycles. The van der Waals surface area contributed by atoms with Gasteiger partial charge in [-0.1, -0.05) is 35.9 Å². The van der Waals surface area contributed by atoms with Gasteiger partial charge in [0.25, 0.3) is 0 Å². The summed E-state index contributed by atoms with van der Waals surface area (Å²) in [5.74, 6) is 0.545. The Morgan fingerprint density at radius 3 is 2.31 bits per heavy atom. The average Bonchev–Trinajstić information content (AvgIpc) is 3.11. The fourth-order valence-electron chi connectivity index (χ4n) is 3.69. The molecule has 0 aliphatic rings. The lowest BCUT2D eigenvalue weighted by molar-refractivity contribution is -0.252. The number of halogens is 4. The molecule has 4 rings (SSSR count). The quantitative estimate of drug-likeness (QED) is 0.364. The van der Waals surface area contributed by atoms with Crippen LogP contribution in [0.3, 0.4) is 0 Å². The third kappa shape index (κ3) is 3.82. The van der Waals surface area contributed by atoms with Crippen molar-refractivity contribution in [1.29, 1.82) is 0 Å². The van der Waals surface area contributed by atoms with Gasteiger partial charge in [0.05, 0.1) is 11.0 Å². The monoisotopic (exact) mass is 460 g/mol. The highest BCUT2D eigenvalue weighted by atomic mass is 35.5. The molecule has 1 heterocycles. The number of aliphatic hydroxyl groups is 1. The highest BCUT2D eigenvalue weighted by Crippen LogP contribution is 2.45. The molecule has 0 spiro atoms. The standard InChI is InChI=1S/C24H20ClF3N2O2/c1-3-30-21-14-19(32-18-6-4-5-15(2)13-18)11-12-20(21)29-22(30)23(31,24(26,27)28)16-7-9-17(25)10-8-16/h4-14,31H,3H2,1-2H3. The summed E-state index contributed by atoms with van der Waals surface area (Å²) < 4.78 is 50.0. The minimum atomic E-state index is -5.02. The molecule has 0 saturated heterocycles. The Kier molecular flexibility index (Phi) is 5.65. The molecule has 1 aromatic heterocycles. The van der Waals surface area contributed by atoms with E-state index in [-0.39, 0.29) is 17.1 Å². The van der Waals surface area contributed by atoms with E-state index in [1.54, 1.807) is 31.2 Å². The number of aromatic nitrogens is 2. The first kappa shape index (κ1) is 22.2. The van der Waals surface area contributed by atoms with Gasteiger partial charge in [-0.15, -0.1) is 0 Å². The van der Waals surface area contributed by atoms with Crippen molar-refractivity contribution in [3.63, 3.8) is 0 Å². The van der Waals surface area contributed by atoms with Gasteiger partial charge in [-0.05, 0) is 55.8 Å². The molecular formula is C24H20ClF3N2O2. The van der Waals surface area contributed by atoms with Crippen LogP contribution in [0.4, 0.5) is 13.2 Å². The average molecular weight is 461 g/mol. The minimum absolute atomic E-state index is 0.158. The molecule has 3 aromatic carbocycles. The van der Waals surface area contributed by atoms with Crippen molar-refractivity contribution in [2.45, 2.75) is 32.2 Å². The zero-order chi connectivity index (χ0) is 23.1. The predicted octanol–water partition coefficient (Wildman–Crippen LogP) is 6.61. The third-order valence-corrected chi connectivity index (χ3v) is 5.51. The van der Waals surface area contributed by atoms with Crippen molar-refractivity contribution in [2.75, 3.05) is 0 Å². The molecule has 8 heteroatoms. The summed E-state index contributed by atoms with van der Waals surface area (Å²) in [7, 11) is 0. The van der Waals surface area contributed by atoms with Gasteiger partial charge in [0.15, 0.2) is 5.82 Å². The SMILES string of the molecule is CCn1c(C(O)(c2ccc(Cl)cc2)C(F)(F)F)nc2ccc(Oc3cccc(C)c3)cc21. The third-order valence-electron chi connectivity index (χ3n) is 5.26. The maximum absolute atomic E-state index is 14.3. The maximum atomic E-state index is 14.3. The molecule has 1 N–H and O–H groups in total. The summed E-state index contributed by atoms with van der Waals surface area (Å²) in [4.78, 5) is 4.19. The van der Waals surface area contributed by atoms with Crippen LogP contribution in [0.15, 0.2) is 66.7 Å². The Hall–Kier alpha value is -3.03. The second kappa shape index (κ2) is 8.15. The van der Waals surface area contributed by atoms with Crippen LogP contribution < -0.4 is 4.74 Å². The van der Waals surface area contributed by atoms with Gasteiger partial charge in [0, 0.05) is 23.2 Å². The van der Waals surface area contributed by atoms with Crippen LogP contribution in [-0.4, -0.2) is 20.8 Å². The normalized spacial score (nSPS) is 13.8. The molecule has 0 bridgehead atoms. The molecule has 0 fully saturated rings. The molecule has 1 atom stereocenters. The van der Waals surface area contributed by atoms with E-state index in [1.807, 2.05) is 25.1 Å². The molecule has 4 nitrogen and oxygen atoms in total. The molecule has 0 aliphatic carbocycles. The first-order valence-corrected chi connectivity index (χ1v) is 10.3. The highest BCUT2D eigenvalue weighted by Gasteiger charge is 2.59. The van der Waals surface area contributed by atoms with Crippen molar-refractivity contribution >= 4 is 22.6 Å². The number of benzene rings is 3. The minimum Gasteiger partial charge on any atom is -0.457 e. The molecule has 4 aromatic rings. The first-order valence-electron chi connectivity index (χ1n) is 9.94. The van der Waals surface area contributed by atoms with Crippen LogP contribution in [0.1, 0.15) is 23.9 Å². The number of imidazole rings is 1. The van der Waals surface area contributed by atoms with E-state index >= 15 is 0 Å². The summed E-state index contributed by atoms with van der Waals surface area (Å²) >= 11 is 5.84. The summed E-state index contributed by atoms with van der Waals surface area (Å²) in [5, 5.41) is 11.3. The van der Waals surface area contributed by atoms with Gasteiger partial charge in [-0.25, -0.2) is 4.98 Å². The van der Waals surface area contributed by atoms with Crippen LogP contribution in [0.2, 0.25) is 5.02 Å². The van der Waals surface area contributed by atoms with Crippen molar-refractivity contribution in [2.24, 2.45) is 0 Å². The van der Waals surface area contributed by atoms with Crippen molar-refractivity contribution < 1.29 is 23.0 Å². The zero-order valence-electron chi connectivity index (χ0n) is 17.3. The van der Waals surface area contributed by atoms with Gasteiger partial charge >= 0.3 is 6.18 Å². The van der Waals surface area contributed by atoms with Crippen molar-refractivity contribution in [1.82, 2.24) is 9.55 Å². The van der Waals surface area contributed by atoms with E-state index in [4.69, 9.17) is 16.3 Å². The molecule has 0 radical (unpaired) electrons. The lowest BCUT2D eigenvalue weighted by atomic mass is 9.92. The molecule has 1 unspecified atom stereocenters. The number of hydrogen-bond acceptors (Lipinski definition) is 3. The Morgan fingerprint density at radius 1 is 1.00 bits per heavy atom. The number of fused-ring (bicyclic) bond motifs is 1. The Bertz CT molecular complexity index is 1270. The lowest BCUT2D eigenvalue weighted by Gasteiger charge is -2.30. The van der Waals surface area contributed by atoms with Gasteiger partial charge in [0.2, 0.25) is 5.60 Å². The number of nitrogens with zero attached hydrogens (tertiary/aromatic N) is 2. The number of aryl methyl sites for hydroxylation is 2. The highest BCUT2D eigenvalue weighted by molar-refractivity contribution is 6.30. The fourth-order valence-corrected chi connectivity index (χ4v) is 3.81. The van der Waals surface area contributed by atoms with Gasteiger partial charge in [0.1, 0.15) is 11.5 Å². The van der Waals surface area contributed by atoms with Gasteiger partial charge < -0.3 is 14.4 Å². The van der Waals surface area contributed by atoms with E-state index < -0.39 is 17.6 Å². The summed E-state index contributed by atoms with van der Waals surface area (Å²) in [5.41, 5.74) is -1.93. The van der Waals surface area contributed by atoms with E-state index in [0.29, 0.717) is 22.5 Å². The number of hydrogen-bond donors (Lipinski definition) is 1. The van der Waals surface area contributed by atoms with Crippen LogP contribution in [-0.2, 0) is 12.1 Å². The van der Waals surface area contributed by atoms with E-state index in [0.717, 1.165) is 17.7 Å². The van der Waals surface area contributed by atoms with Crippen LogP contribution >= 0.6 is 11.6 Å². The van der Waals surface area contributed by atoms with E-state index in [9.17, 15) is 18.3 Å². The maximum Gasteiger partial charge on any atom is 0.428 e. The van der Waals surface area contributed by atoms with Crippen molar-refractivity contribution in [3.8, 4) is 11.5 Å². The predicted molar refractivity (Wildman–Crippen MR) is 117 cm³/mol. The smallest absolute Gasteiger partial charge is 0.428 e. The van der Waals surface area contributed by atoms with E-state index in [1.165, 1.54) is 16.7 Å². The van der Waals surface area contributed by atoms with Crippen LogP contribution in [0.25, 0.3) is 11.0 Å². The number of ether oxygens (including phenoxy) is 1. The second-order valence-electron chi connectivity index (χ2n) is 7.46. The number of alkyl halides is 3. The van der Waals surface area contributed by atoms with E-state index in [2.05, 4.69) is 4.98 Å². The Labute approximate surface area is 187 Å². The van der Waals surface area contributed by atoms with Crippen molar-refractivity contribution in [3.05, 3.63) is 88.7 Å². The first-order chi connectivity index (χ1) is 15.1. The molecule has 32 heavy (non-hydrogen) atoms. The summed E-state index contributed by atoms with van der Waals surface area (Å²) in [6.07, 6.45) is -5.02. The molecule has 166 valence electrons. The van der Waals surface area contributed by atoms with Crippen LogP contribution in [0, 0.1) is 6.92 Å². The van der Waals surface area contributed by atoms with Gasteiger partial charge in [-0.2, -0.15) is 13.2 Å². The summed E-state index contributed by atoms with van der Waals surface area (Å²) in [6.45, 7) is 3.78. The molecule has 0 saturated carbocycles. The Morgan fingerprint density at radius 2 is 1.69 bits per heavy atom. The lowest BCUT2D eigenvalue weighted by Crippen LogP contribution is -2.45.